The highest BCUT2D eigenvalue weighted by molar-refractivity contribution is 7.08. The average molecular weight is 351 g/mol. The Morgan fingerprint density at radius 2 is 1.88 bits per heavy atom. The Hall–Kier alpha value is -1.60. The summed E-state index contributed by atoms with van der Waals surface area (Å²) < 4.78 is 5.50. The Labute approximate surface area is 146 Å². The van der Waals surface area contributed by atoms with Crippen molar-refractivity contribution >= 4 is 23.3 Å². The Kier molecular flexibility index (Phi) is 5.73. The molecule has 132 valence electrons. The zero-order valence-corrected chi connectivity index (χ0v) is 14.9. The first-order valence-electron chi connectivity index (χ1n) is 8.58. The van der Waals surface area contributed by atoms with Gasteiger partial charge in [0.2, 0.25) is 0 Å². The number of rotatable bonds is 3. The average Bonchev–Trinajstić information content (AvgIpc) is 3.16. The van der Waals surface area contributed by atoms with Gasteiger partial charge in [0.05, 0.1) is 17.7 Å². The van der Waals surface area contributed by atoms with E-state index in [0.29, 0.717) is 26.2 Å². The van der Waals surface area contributed by atoms with Gasteiger partial charge >= 0.3 is 6.03 Å². The molecule has 1 N–H and O–H groups in total. The molecule has 0 aromatic carbocycles. The lowest BCUT2D eigenvalue weighted by atomic mass is 9.92. The molecule has 7 heteroatoms. The molecule has 2 atom stereocenters. The van der Waals surface area contributed by atoms with Crippen LogP contribution in [0.5, 0.6) is 0 Å². The van der Waals surface area contributed by atoms with Crippen molar-refractivity contribution in [2.24, 2.45) is 0 Å². The van der Waals surface area contributed by atoms with Crippen LogP contribution < -0.4 is 5.32 Å². The largest absolute Gasteiger partial charge is 0.379 e. The molecule has 2 aliphatic rings. The van der Waals surface area contributed by atoms with Gasteiger partial charge in [-0.15, -0.1) is 0 Å². The second-order valence-electron chi connectivity index (χ2n) is 6.41. The van der Waals surface area contributed by atoms with E-state index in [0.717, 1.165) is 31.2 Å². The fraction of sp³-hybridized carbons (Fsp3) is 0.647. The molecule has 1 saturated carbocycles. The van der Waals surface area contributed by atoms with E-state index >= 15 is 0 Å². The standard InChI is InChI=1S/C17H25N3O3S/c1-23-15-5-3-2-4-14(15)18-17(22)20-9-7-19(8-10-20)16(21)13-6-11-24-12-13/h6,11-12,14-15H,2-5,7-10H2,1H3,(H,18,22)/t14-,15-/m0/s1. The second kappa shape index (κ2) is 7.98. The van der Waals surface area contributed by atoms with Crippen LogP contribution in [0.4, 0.5) is 4.79 Å². The lowest BCUT2D eigenvalue weighted by Crippen LogP contribution is -2.56. The first kappa shape index (κ1) is 17.2. The van der Waals surface area contributed by atoms with Crippen LogP contribution in [0.1, 0.15) is 36.0 Å². The Morgan fingerprint density at radius 3 is 2.54 bits per heavy atom. The zero-order valence-electron chi connectivity index (χ0n) is 14.1. The van der Waals surface area contributed by atoms with Crippen molar-refractivity contribution in [3.05, 3.63) is 22.4 Å². The molecule has 1 aromatic heterocycles. The Balaban J connectivity index is 1.49. The van der Waals surface area contributed by atoms with Crippen LogP contribution in [-0.2, 0) is 4.74 Å². The van der Waals surface area contributed by atoms with Crippen molar-refractivity contribution in [3.63, 3.8) is 0 Å². The summed E-state index contributed by atoms with van der Waals surface area (Å²) in [6.45, 7) is 2.32. The number of hydrogen-bond acceptors (Lipinski definition) is 4. The summed E-state index contributed by atoms with van der Waals surface area (Å²) >= 11 is 1.53. The summed E-state index contributed by atoms with van der Waals surface area (Å²) in [7, 11) is 1.71. The van der Waals surface area contributed by atoms with E-state index in [1.807, 2.05) is 21.7 Å². The van der Waals surface area contributed by atoms with Crippen LogP contribution in [0.15, 0.2) is 16.8 Å². The number of hydrogen-bond donors (Lipinski definition) is 1. The van der Waals surface area contributed by atoms with E-state index in [2.05, 4.69) is 5.32 Å². The minimum Gasteiger partial charge on any atom is -0.379 e. The molecular formula is C17H25N3O3S. The Morgan fingerprint density at radius 1 is 1.17 bits per heavy atom. The second-order valence-corrected chi connectivity index (χ2v) is 7.19. The van der Waals surface area contributed by atoms with E-state index < -0.39 is 0 Å². The summed E-state index contributed by atoms with van der Waals surface area (Å²) in [6.07, 6.45) is 4.39. The number of amides is 3. The molecule has 0 spiro atoms. The van der Waals surface area contributed by atoms with Gasteiger partial charge in [-0.3, -0.25) is 4.79 Å². The fourth-order valence-electron chi connectivity index (χ4n) is 3.48. The van der Waals surface area contributed by atoms with Gasteiger partial charge in [0, 0.05) is 38.7 Å². The van der Waals surface area contributed by atoms with Gasteiger partial charge in [0.25, 0.3) is 5.91 Å². The van der Waals surface area contributed by atoms with E-state index in [1.165, 1.54) is 11.3 Å². The van der Waals surface area contributed by atoms with Gasteiger partial charge in [0.1, 0.15) is 0 Å². The maximum atomic E-state index is 12.5. The lowest BCUT2D eigenvalue weighted by Gasteiger charge is -2.37. The SMILES string of the molecule is CO[C@H]1CCCC[C@@H]1NC(=O)N1CCN(C(=O)c2ccsc2)CC1. The van der Waals surface area contributed by atoms with Gasteiger partial charge in [-0.05, 0) is 24.3 Å². The number of carbonyl (C=O) groups excluding carboxylic acids is 2. The molecular weight excluding hydrogens is 326 g/mol. The maximum Gasteiger partial charge on any atom is 0.317 e. The highest BCUT2D eigenvalue weighted by Crippen LogP contribution is 2.21. The third-order valence-corrected chi connectivity index (χ3v) is 5.62. The highest BCUT2D eigenvalue weighted by atomic mass is 32.1. The summed E-state index contributed by atoms with van der Waals surface area (Å²) in [6, 6.07) is 1.91. The molecule has 1 saturated heterocycles. The number of nitrogens with one attached hydrogen (secondary N) is 1. The molecule has 3 rings (SSSR count). The number of nitrogens with zero attached hydrogens (tertiary/aromatic N) is 2. The third-order valence-electron chi connectivity index (χ3n) is 4.94. The highest BCUT2D eigenvalue weighted by Gasteiger charge is 2.30. The zero-order chi connectivity index (χ0) is 16.9. The van der Waals surface area contributed by atoms with Crippen LogP contribution in [0.2, 0.25) is 0 Å². The number of ether oxygens (including phenoxy) is 1. The molecule has 1 aliphatic carbocycles. The quantitative estimate of drug-likeness (QED) is 0.908. The number of piperazine rings is 1. The molecule has 24 heavy (non-hydrogen) atoms. The minimum absolute atomic E-state index is 0.0356. The first-order chi connectivity index (χ1) is 11.7. The Bertz CT molecular complexity index is 555. The van der Waals surface area contributed by atoms with Gasteiger partial charge in [0.15, 0.2) is 0 Å². The van der Waals surface area contributed by atoms with Crippen LogP contribution in [0.3, 0.4) is 0 Å². The predicted octanol–water partition coefficient (Wildman–Crippen LogP) is 2.17. The van der Waals surface area contributed by atoms with Crippen LogP contribution in [-0.4, -0.2) is 67.2 Å². The summed E-state index contributed by atoms with van der Waals surface area (Å²) in [5, 5.41) is 6.90. The predicted molar refractivity (Wildman–Crippen MR) is 93.4 cm³/mol. The number of urea groups is 1. The van der Waals surface area contributed by atoms with Crippen molar-refractivity contribution in [1.29, 1.82) is 0 Å². The van der Waals surface area contributed by atoms with Crippen molar-refractivity contribution in [1.82, 2.24) is 15.1 Å². The van der Waals surface area contributed by atoms with Crippen molar-refractivity contribution < 1.29 is 14.3 Å². The smallest absolute Gasteiger partial charge is 0.317 e. The van der Waals surface area contributed by atoms with Crippen molar-refractivity contribution in [2.75, 3.05) is 33.3 Å². The van der Waals surface area contributed by atoms with Gasteiger partial charge in [-0.1, -0.05) is 12.8 Å². The van der Waals surface area contributed by atoms with Crippen molar-refractivity contribution in [2.45, 2.75) is 37.8 Å². The minimum atomic E-state index is -0.0356. The van der Waals surface area contributed by atoms with E-state index in [1.54, 1.807) is 12.0 Å². The summed E-state index contributed by atoms with van der Waals surface area (Å²) in [4.78, 5) is 28.5. The molecule has 2 heterocycles. The molecule has 6 nitrogen and oxygen atoms in total. The fourth-order valence-corrected chi connectivity index (χ4v) is 4.11. The maximum absolute atomic E-state index is 12.5. The van der Waals surface area contributed by atoms with Crippen LogP contribution in [0, 0.1) is 0 Å². The van der Waals surface area contributed by atoms with Gasteiger partial charge in [-0.2, -0.15) is 11.3 Å². The molecule has 1 aromatic rings. The monoisotopic (exact) mass is 351 g/mol. The number of methoxy groups -OCH3 is 1. The van der Waals surface area contributed by atoms with Gasteiger partial charge in [-0.25, -0.2) is 4.79 Å². The summed E-state index contributed by atoms with van der Waals surface area (Å²) in [5.41, 5.74) is 0.739. The van der Waals surface area contributed by atoms with E-state index in [-0.39, 0.29) is 24.1 Å². The lowest BCUT2D eigenvalue weighted by molar-refractivity contribution is 0.0412. The van der Waals surface area contributed by atoms with E-state index in [4.69, 9.17) is 4.74 Å². The first-order valence-corrected chi connectivity index (χ1v) is 9.53. The molecule has 0 radical (unpaired) electrons. The number of carbonyl (C=O) groups is 2. The van der Waals surface area contributed by atoms with Crippen LogP contribution >= 0.6 is 11.3 Å². The van der Waals surface area contributed by atoms with E-state index in [9.17, 15) is 9.59 Å². The molecule has 3 amide bonds. The third kappa shape index (κ3) is 3.89. The topological polar surface area (TPSA) is 61.9 Å². The molecule has 0 bridgehead atoms. The van der Waals surface area contributed by atoms with Crippen molar-refractivity contribution in [3.8, 4) is 0 Å². The van der Waals surface area contributed by atoms with Gasteiger partial charge < -0.3 is 19.9 Å². The summed E-state index contributed by atoms with van der Waals surface area (Å²) in [5.74, 6) is 0.0584. The molecule has 1 aliphatic heterocycles. The normalized spacial score (nSPS) is 24.7. The molecule has 2 fully saturated rings. The number of thiophene rings is 1. The molecule has 0 unspecified atom stereocenters. The van der Waals surface area contributed by atoms with Crippen LogP contribution in [0.25, 0.3) is 0 Å².